The molecule has 108 valence electrons. The van der Waals surface area contributed by atoms with Crippen LogP contribution in [-0.4, -0.2) is 29.2 Å². The summed E-state index contributed by atoms with van der Waals surface area (Å²) in [4.78, 5) is 23.3. The third-order valence-corrected chi connectivity index (χ3v) is 4.82. The molecule has 0 saturated heterocycles. The predicted octanol–water partition coefficient (Wildman–Crippen LogP) is 1.97. The number of urea groups is 1. The Balaban J connectivity index is 1.94. The molecule has 2 rings (SSSR count). The van der Waals surface area contributed by atoms with Crippen LogP contribution in [0.2, 0.25) is 0 Å². The molecule has 5 nitrogen and oxygen atoms in total. The van der Waals surface area contributed by atoms with Gasteiger partial charge in [-0.25, -0.2) is 4.79 Å². The van der Waals surface area contributed by atoms with Crippen molar-refractivity contribution >= 4 is 12.0 Å². The molecule has 2 aliphatic carbocycles. The summed E-state index contributed by atoms with van der Waals surface area (Å²) >= 11 is 0. The van der Waals surface area contributed by atoms with Gasteiger partial charge in [0.25, 0.3) is 0 Å². The monoisotopic (exact) mass is 268 g/mol. The second-order valence-corrected chi connectivity index (χ2v) is 5.85. The summed E-state index contributed by atoms with van der Waals surface area (Å²) in [5.41, 5.74) is 0. The van der Waals surface area contributed by atoms with Gasteiger partial charge in [-0.05, 0) is 43.9 Å². The van der Waals surface area contributed by atoms with Crippen molar-refractivity contribution in [2.75, 3.05) is 0 Å². The zero-order valence-electron chi connectivity index (χ0n) is 11.7. The van der Waals surface area contributed by atoms with E-state index in [9.17, 15) is 14.7 Å². The topological polar surface area (TPSA) is 78.4 Å². The van der Waals surface area contributed by atoms with Crippen LogP contribution in [0.25, 0.3) is 0 Å². The Morgan fingerprint density at radius 2 is 1.84 bits per heavy atom. The number of carbonyl (C=O) groups excluding carboxylic acids is 1. The first-order chi connectivity index (χ1) is 9.06. The SMILES string of the molecule is CCC(CC)NC(=O)NC1C2CCC(C2)C1C(=O)O. The van der Waals surface area contributed by atoms with E-state index in [-0.39, 0.29) is 24.0 Å². The number of amides is 2. The van der Waals surface area contributed by atoms with E-state index in [1.807, 2.05) is 13.8 Å². The highest BCUT2D eigenvalue weighted by Crippen LogP contribution is 2.48. The summed E-state index contributed by atoms with van der Waals surface area (Å²) in [6.07, 6.45) is 4.78. The molecule has 19 heavy (non-hydrogen) atoms. The smallest absolute Gasteiger partial charge is 0.315 e. The molecule has 5 heteroatoms. The number of carbonyl (C=O) groups is 2. The van der Waals surface area contributed by atoms with Gasteiger partial charge in [-0.15, -0.1) is 0 Å². The van der Waals surface area contributed by atoms with E-state index in [1.165, 1.54) is 0 Å². The second-order valence-electron chi connectivity index (χ2n) is 5.85. The van der Waals surface area contributed by atoms with Gasteiger partial charge in [0, 0.05) is 12.1 Å². The average Bonchev–Trinajstić information content (AvgIpc) is 2.96. The Bertz CT molecular complexity index is 355. The molecule has 4 unspecified atom stereocenters. The summed E-state index contributed by atoms with van der Waals surface area (Å²) in [5, 5.41) is 15.2. The fourth-order valence-electron chi connectivity index (χ4n) is 3.73. The average molecular weight is 268 g/mol. The van der Waals surface area contributed by atoms with Gasteiger partial charge in [-0.3, -0.25) is 4.79 Å². The van der Waals surface area contributed by atoms with Gasteiger partial charge in [0.1, 0.15) is 0 Å². The molecular formula is C14H24N2O3. The van der Waals surface area contributed by atoms with Crippen LogP contribution in [0.5, 0.6) is 0 Å². The van der Waals surface area contributed by atoms with Gasteiger partial charge in [0.2, 0.25) is 0 Å². The molecule has 0 aromatic rings. The van der Waals surface area contributed by atoms with Crippen molar-refractivity contribution in [3.05, 3.63) is 0 Å². The van der Waals surface area contributed by atoms with E-state index in [4.69, 9.17) is 0 Å². The van der Waals surface area contributed by atoms with Crippen molar-refractivity contribution in [3.63, 3.8) is 0 Å². The number of aliphatic carboxylic acids is 1. The Labute approximate surface area is 114 Å². The highest BCUT2D eigenvalue weighted by Gasteiger charge is 2.51. The van der Waals surface area contributed by atoms with E-state index >= 15 is 0 Å². The zero-order chi connectivity index (χ0) is 14.0. The van der Waals surface area contributed by atoms with Crippen LogP contribution in [0.1, 0.15) is 46.0 Å². The number of rotatable bonds is 5. The first-order valence-electron chi connectivity index (χ1n) is 7.36. The van der Waals surface area contributed by atoms with Crippen molar-refractivity contribution in [1.29, 1.82) is 0 Å². The van der Waals surface area contributed by atoms with Gasteiger partial charge in [0.05, 0.1) is 5.92 Å². The fraction of sp³-hybridized carbons (Fsp3) is 0.857. The molecule has 2 aliphatic rings. The standard InChI is InChI=1S/C14H24N2O3/c1-3-10(4-2)15-14(19)16-12-9-6-5-8(7-9)11(12)13(17)18/h8-12H,3-7H2,1-2H3,(H,17,18)(H2,15,16,19). The minimum atomic E-state index is -0.764. The lowest BCUT2D eigenvalue weighted by atomic mass is 9.84. The summed E-state index contributed by atoms with van der Waals surface area (Å²) < 4.78 is 0. The minimum Gasteiger partial charge on any atom is -0.481 e. The van der Waals surface area contributed by atoms with E-state index < -0.39 is 11.9 Å². The maximum Gasteiger partial charge on any atom is 0.315 e. The van der Waals surface area contributed by atoms with Crippen molar-refractivity contribution < 1.29 is 14.7 Å². The van der Waals surface area contributed by atoms with E-state index in [0.29, 0.717) is 5.92 Å². The van der Waals surface area contributed by atoms with Crippen molar-refractivity contribution in [3.8, 4) is 0 Å². The van der Waals surface area contributed by atoms with Crippen LogP contribution in [0.3, 0.4) is 0 Å². The molecule has 0 radical (unpaired) electrons. The first kappa shape index (κ1) is 14.2. The van der Waals surface area contributed by atoms with Crippen molar-refractivity contribution in [1.82, 2.24) is 10.6 Å². The van der Waals surface area contributed by atoms with Gasteiger partial charge < -0.3 is 15.7 Å². The van der Waals surface area contributed by atoms with E-state index in [1.54, 1.807) is 0 Å². The van der Waals surface area contributed by atoms with Gasteiger partial charge in [0.15, 0.2) is 0 Å². The minimum absolute atomic E-state index is 0.168. The third-order valence-electron chi connectivity index (χ3n) is 4.82. The number of nitrogens with one attached hydrogen (secondary N) is 2. The molecule has 0 aromatic carbocycles. The van der Waals surface area contributed by atoms with Crippen LogP contribution in [0.15, 0.2) is 0 Å². The lowest BCUT2D eigenvalue weighted by Crippen LogP contribution is -2.52. The Kier molecular flexibility index (Phi) is 4.32. The number of fused-ring (bicyclic) bond motifs is 2. The van der Waals surface area contributed by atoms with E-state index in [0.717, 1.165) is 32.1 Å². The summed E-state index contributed by atoms with van der Waals surface area (Å²) in [6, 6.07) is -0.231. The summed E-state index contributed by atoms with van der Waals surface area (Å²) in [6.45, 7) is 4.07. The summed E-state index contributed by atoms with van der Waals surface area (Å²) in [5.74, 6) is -0.564. The van der Waals surface area contributed by atoms with Crippen LogP contribution in [0.4, 0.5) is 4.79 Å². The van der Waals surface area contributed by atoms with Gasteiger partial charge in [-0.2, -0.15) is 0 Å². The molecular weight excluding hydrogens is 244 g/mol. The molecule has 0 aromatic heterocycles. The Morgan fingerprint density at radius 3 is 2.42 bits per heavy atom. The largest absolute Gasteiger partial charge is 0.481 e. The van der Waals surface area contributed by atoms with Gasteiger partial charge in [-0.1, -0.05) is 13.8 Å². The predicted molar refractivity (Wildman–Crippen MR) is 71.8 cm³/mol. The summed E-state index contributed by atoms with van der Waals surface area (Å²) in [7, 11) is 0. The molecule has 2 bridgehead atoms. The van der Waals surface area contributed by atoms with Crippen molar-refractivity contribution in [2.24, 2.45) is 17.8 Å². The highest BCUT2D eigenvalue weighted by atomic mass is 16.4. The fourth-order valence-corrected chi connectivity index (χ4v) is 3.73. The Hall–Kier alpha value is -1.26. The lowest BCUT2D eigenvalue weighted by molar-refractivity contribution is -0.144. The van der Waals surface area contributed by atoms with Crippen molar-refractivity contribution in [2.45, 2.75) is 58.0 Å². The highest BCUT2D eigenvalue weighted by molar-refractivity contribution is 5.77. The molecule has 0 aliphatic heterocycles. The number of hydrogen-bond donors (Lipinski definition) is 3. The lowest BCUT2D eigenvalue weighted by Gasteiger charge is -2.29. The molecule has 0 heterocycles. The van der Waals surface area contributed by atoms with Crippen LogP contribution >= 0.6 is 0 Å². The molecule has 2 amide bonds. The first-order valence-corrected chi connectivity index (χ1v) is 7.36. The second kappa shape index (κ2) is 5.80. The normalized spacial score (nSPS) is 32.6. The van der Waals surface area contributed by atoms with Crippen LogP contribution < -0.4 is 10.6 Å². The number of carboxylic acid groups (broad SMARTS) is 1. The Morgan fingerprint density at radius 1 is 1.21 bits per heavy atom. The van der Waals surface area contributed by atoms with Crippen LogP contribution in [0, 0.1) is 17.8 Å². The molecule has 2 fully saturated rings. The molecule has 4 atom stereocenters. The maximum absolute atomic E-state index is 12.0. The zero-order valence-corrected chi connectivity index (χ0v) is 11.7. The molecule has 2 saturated carbocycles. The van der Waals surface area contributed by atoms with Crippen LogP contribution in [-0.2, 0) is 4.79 Å². The van der Waals surface area contributed by atoms with E-state index in [2.05, 4.69) is 10.6 Å². The number of carboxylic acids is 1. The molecule has 0 spiro atoms. The van der Waals surface area contributed by atoms with Gasteiger partial charge >= 0.3 is 12.0 Å². The molecule has 3 N–H and O–H groups in total. The maximum atomic E-state index is 12.0. The number of hydrogen-bond acceptors (Lipinski definition) is 2. The third kappa shape index (κ3) is 2.85. The quantitative estimate of drug-likeness (QED) is 0.713.